The normalized spacial score (nSPS) is 26.7. The largest absolute Gasteiger partial charge is 0.326 e. The van der Waals surface area contributed by atoms with E-state index in [1.165, 1.54) is 6.42 Å². The molecule has 2 aromatic rings. The molecule has 2 atom stereocenters. The predicted octanol–water partition coefficient (Wildman–Crippen LogP) is 2.80. The van der Waals surface area contributed by atoms with Crippen LogP contribution in [0.25, 0.3) is 11.3 Å². The molecule has 2 heterocycles. The minimum absolute atomic E-state index is 0.175. The van der Waals surface area contributed by atoms with Gasteiger partial charge in [-0.15, -0.1) is 0 Å². The van der Waals surface area contributed by atoms with Crippen molar-refractivity contribution in [2.24, 2.45) is 11.3 Å². The molecule has 1 saturated heterocycles. The lowest BCUT2D eigenvalue weighted by molar-refractivity contribution is -0.128. The number of hydrogen-bond donors (Lipinski definition) is 3. The van der Waals surface area contributed by atoms with Gasteiger partial charge in [-0.2, -0.15) is 5.10 Å². The third-order valence-corrected chi connectivity index (χ3v) is 5.42. The molecule has 1 aliphatic heterocycles. The van der Waals surface area contributed by atoms with Crippen molar-refractivity contribution in [3.05, 3.63) is 36.5 Å². The predicted molar refractivity (Wildman–Crippen MR) is 89.9 cm³/mol. The Balaban J connectivity index is 1.56. The maximum absolute atomic E-state index is 13.0. The van der Waals surface area contributed by atoms with Gasteiger partial charge in [-0.1, -0.05) is 25.0 Å². The Kier molecular flexibility index (Phi) is 3.65. The number of carbonyl (C=O) groups is 1. The van der Waals surface area contributed by atoms with E-state index in [4.69, 9.17) is 0 Å². The van der Waals surface area contributed by atoms with E-state index in [2.05, 4.69) is 20.8 Å². The summed E-state index contributed by atoms with van der Waals surface area (Å²) in [6.45, 7) is 1.78. The molecule has 1 saturated carbocycles. The van der Waals surface area contributed by atoms with E-state index in [9.17, 15) is 4.79 Å². The summed E-state index contributed by atoms with van der Waals surface area (Å²) in [6.07, 6.45) is 6.29. The monoisotopic (exact) mass is 310 g/mol. The van der Waals surface area contributed by atoms with E-state index in [1.54, 1.807) is 6.20 Å². The van der Waals surface area contributed by atoms with Crippen LogP contribution in [0, 0.1) is 11.3 Å². The number of nitrogens with zero attached hydrogens (tertiary/aromatic N) is 1. The Morgan fingerprint density at radius 3 is 3.13 bits per heavy atom. The Hall–Kier alpha value is -2.14. The SMILES string of the molecule is O=C(Nc1cccc(-c2ccn[nH]2)c1)[C@@]12CCCC[C@H]1CNC2. The summed E-state index contributed by atoms with van der Waals surface area (Å²) in [6, 6.07) is 9.87. The van der Waals surface area contributed by atoms with Gasteiger partial charge in [0.2, 0.25) is 5.91 Å². The number of H-pyrrole nitrogens is 1. The van der Waals surface area contributed by atoms with Crippen LogP contribution < -0.4 is 10.6 Å². The molecule has 2 aliphatic rings. The summed E-state index contributed by atoms with van der Waals surface area (Å²) in [5.74, 6) is 0.654. The average molecular weight is 310 g/mol. The second-order valence-electron chi connectivity index (χ2n) is 6.73. The third-order valence-electron chi connectivity index (χ3n) is 5.42. The third kappa shape index (κ3) is 2.55. The van der Waals surface area contributed by atoms with Crippen molar-refractivity contribution in [2.75, 3.05) is 18.4 Å². The van der Waals surface area contributed by atoms with Crippen molar-refractivity contribution in [2.45, 2.75) is 25.7 Å². The number of anilines is 1. The van der Waals surface area contributed by atoms with Crippen molar-refractivity contribution in [1.82, 2.24) is 15.5 Å². The first-order valence-corrected chi connectivity index (χ1v) is 8.40. The summed E-state index contributed by atoms with van der Waals surface area (Å²) in [5, 5.41) is 13.5. The van der Waals surface area contributed by atoms with Gasteiger partial charge in [-0.05, 0) is 43.5 Å². The van der Waals surface area contributed by atoms with Crippen LogP contribution in [0.1, 0.15) is 25.7 Å². The number of aromatic amines is 1. The molecular weight excluding hydrogens is 288 g/mol. The van der Waals surface area contributed by atoms with Gasteiger partial charge in [0.05, 0.1) is 11.1 Å². The fourth-order valence-electron chi connectivity index (χ4n) is 4.13. The van der Waals surface area contributed by atoms with Crippen molar-refractivity contribution in [1.29, 1.82) is 0 Å². The molecule has 5 nitrogen and oxygen atoms in total. The van der Waals surface area contributed by atoms with Gasteiger partial charge in [-0.25, -0.2) is 0 Å². The summed E-state index contributed by atoms with van der Waals surface area (Å²) in [7, 11) is 0. The zero-order valence-corrected chi connectivity index (χ0v) is 13.1. The van der Waals surface area contributed by atoms with Crippen LogP contribution in [-0.2, 0) is 4.79 Å². The molecule has 4 rings (SSSR count). The van der Waals surface area contributed by atoms with Crippen molar-refractivity contribution in [3.63, 3.8) is 0 Å². The first-order chi connectivity index (χ1) is 11.3. The number of nitrogens with one attached hydrogen (secondary N) is 3. The van der Waals surface area contributed by atoms with Crippen LogP contribution in [0.5, 0.6) is 0 Å². The highest BCUT2D eigenvalue weighted by atomic mass is 16.2. The maximum Gasteiger partial charge on any atom is 0.232 e. The lowest BCUT2D eigenvalue weighted by Gasteiger charge is -2.37. The minimum Gasteiger partial charge on any atom is -0.326 e. The highest BCUT2D eigenvalue weighted by Gasteiger charge is 2.49. The number of carbonyl (C=O) groups excluding carboxylic acids is 1. The van der Waals surface area contributed by atoms with Crippen molar-refractivity contribution in [3.8, 4) is 11.3 Å². The maximum atomic E-state index is 13.0. The van der Waals surface area contributed by atoms with E-state index >= 15 is 0 Å². The molecule has 1 aliphatic carbocycles. The molecule has 120 valence electrons. The molecule has 0 unspecified atom stereocenters. The number of hydrogen-bond acceptors (Lipinski definition) is 3. The quantitative estimate of drug-likeness (QED) is 0.816. The molecule has 0 bridgehead atoms. The molecule has 1 amide bonds. The lowest BCUT2D eigenvalue weighted by atomic mass is 9.67. The Morgan fingerprint density at radius 2 is 2.26 bits per heavy atom. The smallest absolute Gasteiger partial charge is 0.232 e. The molecule has 3 N–H and O–H groups in total. The topological polar surface area (TPSA) is 69.8 Å². The highest BCUT2D eigenvalue weighted by molar-refractivity contribution is 5.96. The summed E-state index contributed by atoms with van der Waals surface area (Å²) >= 11 is 0. The van der Waals surface area contributed by atoms with E-state index < -0.39 is 0 Å². The summed E-state index contributed by atoms with van der Waals surface area (Å²) < 4.78 is 0. The molecular formula is C18H22N4O. The first kappa shape index (κ1) is 14.5. The number of benzene rings is 1. The van der Waals surface area contributed by atoms with E-state index in [1.807, 2.05) is 30.3 Å². The number of aromatic nitrogens is 2. The van der Waals surface area contributed by atoms with Crippen LogP contribution in [0.4, 0.5) is 5.69 Å². The minimum atomic E-state index is -0.220. The van der Waals surface area contributed by atoms with Gasteiger partial charge in [0.15, 0.2) is 0 Å². The molecule has 0 radical (unpaired) electrons. The van der Waals surface area contributed by atoms with Crippen LogP contribution in [0.3, 0.4) is 0 Å². The zero-order chi connectivity index (χ0) is 15.7. The summed E-state index contributed by atoms with van der Waals surface area (Å²) in [5.41, 5.74) is 2.62. The second kappa shape index (κ2) is 5.81. The Labute approximate surface area is 135 Å². The Bertz CT molecular complexity index is 697. The van der Waals surface area contributed by atoms with Gasteiger partial charge in [0.1, 0.15) is 0 Å². The summed E-state index contributed by atoms with van der Waals surface area (Å²) in [4.78, 5) is 13.0. The van der Waals surface area contributed by atoms with Crippen molar-refractivity contribution < 1.29 is 4.79 Å². The first-order valence-electron chi connectivity index (χ1n) is 8.40. The standard InChI is InChI=1S/C18H22N4O/c23-17(18-8-2-1-5-14(18)11-19-12-18)21-15-6-3-4-13(10-15)16-7-9-20-22-16/h3-4,6-7,9-10,14,19H,1-2,5,8,11-12H2,(H,20,22)(H,21,23)/t14-,18+/m0/s1. The molecule has 5 heteroatoms. The zero-order valence-electron chi connectivity index (χ0n) is 13.1. The molecule has 2 fully saturated rings. The van der Waals surface area contributed by atoms with Gasteiger partial charge in [0.25, 0.3) is 0 Å². The van der Waals surface area contributed by atoms with Crippen LogP contribution in [-0.4, -0.2) is 29.2 Å². The van der Waals surface area contributed by atoms with Gasteiger partial charge < -0.3 is 10.6 Å². The fraction of sp³-hybridized carbons (Fsp3) is 0.444. The van der Waals surface area contributed by atoms with Gasteiger partial charge in [0, 0.05) is 24.0 Å². The lowest BCUT2D eigenvalue weighted by Crippen LogP contribution is -2.44. The molecule has 0 spiro atoms. The molecule has 1 aromatic heterocycles. The number of amides is 1. The highest BCUT2D eigenvalue weighted by Crippen LogP contribution is 2.44. The van der Waals surface area contributed by atoms with Gasteiger partial charge in [-0.3, -0.25) is 9.89 Å². The number of rotatable bonds is 3. The van der Waals surface area contributed by atoms with E-state index in [-0.39, 0.29) is 11.3 Å². The number of fused-ring (bicyclic) bond motifs is 1. The van der Waals surface area contributed by atoms with Gasteiger partial charge >= 0.3 is 0 Å². The average Bonchev–Trinajstić information content (AvgIpc) is 3.25. The van der Waals surface area contributed by atoms with Crippen LogP contribution in [0.2, 0.25) is 0 Å². The van der Waals surface area contributed by atoms with E-state index in [0.29, 0.717) is 5.92 Å². The molecule has 1 aromatic carbocycles. The van der Waals surface area contributed by atoms with Crippen molar-refractivity contribution >= 4 is 11.6 Å². The Morgan fingerprint density at radius 1 is 1.30 bits per heavy atom. The van der Waals surface area contributed by atoms with Crippen LogP contribution >= 0.6 is 0 Å². The second-order valence-corrected chi connectivity index (χ2v) is 6.73. The van der Waals surface area contributed by atoms with Crippen LogP contribution in [0.15, 0.2) is 36.5 Å². The van der Waals surface area contributed by atoms with E-state index in [0.717, 1.165) is 49.3 Å². The fourth-order valence-corrected chi connectivity index (χ4v) is 4.13. The molecule has 23 heavy (non-hydrogen) atoms.